The molecule has 0 spiro atoms. The highest BCUT2D eigenvalue weighted by atomic mass is 15.3. The molecular formula is C21H25N3. The van der Waals surface area contributed by atoms with Gasteiger partial charge in [0.15, 0.2) is 0 Å². The van der Waals surface area contributed by atoms with Gasteiger partial charge in [0.2, 0.25) is 0 Å². The monoisotopic (exact) mass is 319 g/mol. The minimum absolute atomic E-state index is 0.476. The number of nitrogens with zero attached hydrogens (tertiary/aromatic N) is 3. The summed E-state index contributed by atoms with van der Waals surface area (Å²) in [6, 6.07) is 15.7. The van der Waals surface area contributed by atoms with Crippen LogP contribution in [0.3, 0.4) is 0 Å². The minimum Gasteiger partial charge on any atom is -0.297 e. The number of hydrogen-bond acceptors (Lipinski definition) is 2. The molecule has 3 heteroatoms. The number of hydrogen-bond donors (Lipinski definition) is 0. The molecule has 0 saturated carbocycles. The Morgan fingerprint density at radius 3 is 2.88 bits per heavy atom. The van der Waals surface area contributed by atoms with Gasteiger partial charge < -0.3 is 0 Å². The Morgan fingerprint density at radius 1 is 1.08 bits per heavy atom. The van der Waals surface area contributed by atoms with Gasteiger partial charge in [-0.1, -0.05) is 36.4 Å². The van der Waals surface area contributed by atoms with Crippen LogP contribution in [0.25, 0.3) is 10.9 Å². The van der Waals surface area contributed by atoms with Gasteiger partial charge in [0.1, 0.15) is 0 Å². The zero-order valence-electron chi connectivity index (χ0n) is 14.6. The van der Waals surface area contributed by atoms with E-state index in [1.807, 2.05) is 6.20 Å². The van der Waals surface area contributed by atoms with E-state index in [1.54, 1.807) is 0 Å². The van der Waals surface area contributed by atoms with Crippen molar-refractivity contribution in [1.82, 2.24) is 14.7 Å². The van der Waals surface area contributed by atoms with Crippen molar-refractivity contribution in [1.29, 1.82) is 0 Å². The van der Waals surface area contributed by atoms with Crippen molar-refractivity contribution >= 4 is 10.9 Å². The summed E-state index contributed by atoms with van der Waals surface area (Å²) in [6.07, 6.45) is 4.46. The van der Waals surface area contributed by atoms with Gasteiger partial charge in [-0.15, -0.1) is 0 Å². The van der Waals surface area contributed by atoms with Crippen LogP contribution in [0, 0.1) is 13.8 Å². The molecule has 1 atom stereocenters. The van der Waals surface area contributed by atoms with Crippen LogP contribution in [0.2, 0.25) is 0 Å². The van der Waals surface area contributed by atoms with Gasteiger partial charge in [-0.25, -0.2) is 0 Å². The fourth-order valence-corrected chi connectivity index (χ4v) is 3.88. The Morgan fingerprint density at radius 2 is 1.96 bits per heavy atom. The normalized spacial score (nSPS) is 19.0. The van der Waals surface area contributed by atoms with E-state index in [2.05, 4.69) is 71.0 Å². The second-order valence-corrected chi connectivity index (χ2v) is 7.04. The Balaban J connectivity index is 1.54. The molecule has 3 aromatic rings. The quantitative estimate of drug-likeness (QED) is 0.709. The molecule has 1 aliphatic rings. The van der Waals surface area contributed by atoms with Gasteiger partial charge in [0.25, 0.3) is 0 Å². The van der Waals surface area contributed by atoms with Crippen molar-refractivity contribution in [3.8, 4) is 0 Å². The average molecular weight is 319 g/mol. The van der Waals surface area contributed by atoms with E-state index in [-0.39, 0.29) is 0 Å². The van der Waals surface area contributed by atoms with E-state index in [9.17, 15) is 0 Å². The molecule has 1 saturated heterocycles. The predicted molar refractivity (Wildman–Crippen MR) is 99.2 cm³/mol. The first-order chi connectivity index (χ1) is 11.7. The molecule has 24 heavy (non-hydrogen) atoms. The van der Waals surface area contributed by atoms with Gasteiger partial charge in [0.05, 0.1) is 17.8 Å². The van der Waals surface area contributed by atoms with Crippen LogP contribution in [0.5, 0.6) is 0 Å². The summed E-state index contributed by atoms with van der Waals surface area (Å²) in [4.78, 5) is 2.59. The van der Waals surface area contributed by atoms with Gasteiger partial charge in [-0.3, -0.25) is 9.58 Å². The first-order valence-corrected chi connectivity index (χ1v) is 8.92. The summed E-state index contributed by atoms with van der Waals surface area (Å²) in [5.74, 6) is 0. The molecule has 3 nitrogen and oxygen atoms in total. The highest BCUT2D eigenvalue weighted by molar-refractivity contribution is 5.78. The highest BCUT2D eigenvalue weighted by Crippen LogP contribution is 2.27. The molecule has 1 aromatic heterocycles. The van der Waals surface area contributed by atoms with Crippen LogP contribution in [-0.4, -0.2) is 27.8 Å². The lowest BCUT2D eigenvalue weighted by Crippen LogP contribution is -2.36. The molecular weight excluding hydrogens is 294 g/mol. The predicted octanol–water partition coefficient (Wildman–Crippen LogP) is 4.49. The number of benzene rings is 2. The van der Waals surface area contributed by atoms with Crippen molar-refractivity contribution in [3.63, 3.8) is 0 Å². The van der Waals surface area contributed by atoms with Crippen LogP contribution < -0.4 is 0 Å². The summed E-state index contributed by atoms with van der Waals surface area (Å²) in [5, 5.41) is 5.92. The van der Waals surface area contributed by atoms with E-state index < -0.39 is 0 Å². The van der Waals surface area contributed by atoms with Crippen molar-refractivity contribution in [2.45, 2.75) is 39.3 Å². The molecule has 0 aliphatic carbocycles. The molecule has 0 bridgehead atoms. The van der Waals surface area contributed by atoms with Crippen molar-refractivity contribution in [2.24, 2.45) is 0 Å². The third-order valence-corrected chi connectivity index (χ3v) is 5.44. The maximum Gasteiger partial charge on any atom is 0.0686 e. The molecule has 1 unspecified atom stereocenters. The zero-order valence-corrected chi connectivity index (χ0v) is 14.6. The van der Waals surface area contributed by atoms with Crippen LogP contribution in [0.4, 0.5) is 0 Å². The van der Waals surface area contributed by atoms with E-state index in [0.717, 1.165) is 13.1 Å². The Bertz CT molecular complexity index is 849. The molecule has 0 amide bonds. The topological polar surface area (TPSA) is 21.1 Å². The lowest BCUT2D eigenvalue weighted by molar-refractivity contribution is 0.165. The van der Waals surface area contributed by atoms with Gasteiger partial charge in [-0.2, -0.15) is 5.10 Å². The van der Waals surface area contributed by atoms with Crippen LogP contribution in [0.1, 0.15) is 35.6 Å². The maximum atomic E-state index is 4.68. The first-order valence-electron chi connectivity index (χ1n) is 8.92. The van der Waals surface area contributed by atoms with Crippen molar-refractivity contribution in [3.05, 3.63) is 65.4 Å². The lowest BCUT2D eigenvalue weighted by Gasteiger charge is -2.33. The van der Waals surface area contributed by atoms with Crippen molar-refractivity contribution < 1.29 is 0 Å². The minimum atomic E-state index is 0.476. The summed E-state index contributed by atoms with van der Waals surface area (Å²) in [7, 11) is 0. The molecule has 0 radical (unpaired) electrons. The Labute approximate surface area is 143 Å². The molecule has 1 aliphatic heterocycles. The molecule has 2 heterocycles. The smallest absolute Gasteiger partial charge is 0.0686 e. The summed E-state index contributed by atoms with van der Waals surface area (Å²) in [5.41, 5.74) is 5.54. The highest BCUT2D eigenvalue weighted by Gasteiger charge is 2.23. The molecule has 2 aromatic carbocycles. The molecule has 1 fully saturated rings. The van der Waals surface area contributed by atoms with E-state index in [4.69, 9.17) is 0 Å². The average Bonchev–Trinajstić information content (AvgIpc) is 3.03. The van der Waals surface area contributed by atoms with Gasteiger partial charge in [-0.05, 0) is 56.0 Å². The third kappa shape index (κ3) is 2.84. The van der Waals surface area contributed by atoms with Gasteiger partial charge >= 0.3 is 0 Å². The van der Waals surface area contributed by atoms with E-state index in [1.165, 1.54) is 47.0 Å². The molecule has 4 rings (SSSR count). The fourth-order valence-electron chi connectivity index (χ4n) is 3.88. The molecule has 124 valence electrons. The summed E-state index contributed by atoms with van der Waals surface area (Å²) < 4.78 is 2.24. The second kappa shape index (κ2) is 6.40. The van der Waals surface area contributed by atoms with Gasteiger partial charge in [0, 0.05) is 18.5 Å². The van der Waals surface area contributed by atoms with E-state index >= 15 is 0 Å². The lowest BCUT2D eigenvalue weighted by atomic mass is 10.0. The fraction of sp³-hybridized carbons (Fsp3) is 0.381. The number of aryl methyl sites for hydroxylation is 1. The largest absolute Gasteiger partial charge is 0.297 e. The molecule has 0 N–H and O–H groups in total. The number of rotatable bonds is 3. The SMILES string of the molecule is Cc1cccc(CN2CCCC(n3ncc4ccccc43)C2)c1C. The number of aromatic nitrogens is 2. The Hall–Kier alpha value is -2.13. The van der Waals surface area contributed by atoms with Crippen LogP contribution in [0.15, 0.2) is 48.7 Å². The second-order valence-electron chi connectivity index (χ2n) is 7.04. The number of fused-ring (bicyclic) bond motifs is 1. The van der Waals surface area contributed by atoms with E-state index in [0.29, 0.717) is 6.04 Å². The standard InChI is InChI=1S/C21H25N3/c1-16-7-5-9-19(17(16)2)14-23-12-6-10-20(15-23)24-21-11-4-3-8-18(21)13-22-24/h3-5,7-9,11,13,20H,6,10,12,14-15H2,1-2H3. The number of piperidine rings is 1. The van der Waals surface area contributed by atoms with Crippen LogP contribution >= 0.6 is 0 Å². The third-order valence-electron chi connectivity index (χ3n) is 5.44. The summed E-state index contributed by atoms with van der Waals surface area (Å²) >= 11 is 0. The summed E-state index contributed by atoms with van der Waals surface area (Å²) in [6.45, 7) is 7.76. The Kier molecular flexibility index (Phi) is 4.11. The van der Waals surface area contributed by atoms with Crippen molar-refractivity contribution in [2.75, 3.05) is 13.1 Å². The van der Waals surface area contributed by atoms with Crippen LogP contribution in [-0.2, 0) is 6.54 Å². The zero-order chi connectivity index (χ0) is 16.5. The number of likely N-dealkylation sites (tertiary alicyclic amines) is 1. The maximum absolute atomic E-state index is 4.68. The number of para-hydroxylation sites is 1. The first kappa shape index (κ1) is 15.4.